The summed E-state index contributed by atoms with van der Waals surface area (Å²) in [6.45, 7) is 2.73. The van der Waals surface area contributed by atoms with Crippen LogP contribution in [0.5, 0.6) is 11.5 Å². The Kier molecular flexibility index (Phi) is 7.95. The summed E-state index contributed by atoms with van der Waals surface area (Å²) in [5, 5.41) is 5.10. The maximum absolute atomic E-state index is 12.1. The van der Waals surface area contributed by atoms with E-state index >= 15 is 0 Å². The summed E-state index contributed by atoms with van der Waals surface area (Å²) in [6, 6.07) is 10.9. The van der Waals surface area contributed by atoms with Crippen molar-refractivity contribution in [2.24, 2.45) is 0 Å². The minimum absolute atomic E-state index is 0.225. The number of hydrogen-bond donors (Lipinski definition) is 2. The van der Waals surface area contributed by atoms with Crippen molar-refractivity contribution < 1.29 is 19.1 Å². The van der Waals surface area contributed by atoms with Gasteiger partial charge in [-0.25, -0.2) is 4.79 Å². The number of imide groups is 1. The van der Waals surface area contributed by atoms with Gasteiger partial charge in [-0.1, -0.05) is 43.5 Å². The molecule has 0 radical (unpaired) electrons. The Bertz CT molecular complexity index is 795. The van der Waals surface area contributed by atoms with Crippen LogP contribution in [-0.4, -0.2) is 25.7 Å². The number of nitrogens with one attached hydrogen (secondary N) is 2. The van der Waals surface area contributed by atoms with Crippen molar-refractivity contribution in [3.8, 4) is 11.5 Å². The SMILES string of the molecule is CCCCCOc1ccc(NC(=O)NC(=O)c2ccccc2Cl)cc1OC. The van der Waals surface area contributed by atoms with Gasteiger partial charge in [-0.15, -0.1) is 0 Å². The average Bonchev–Trinajstić information content (AvgIpc) is 2.66. The second kappa shape index (κ2) is 10.4. The molecule has 0 saturated heterocycles. The molecule has 0 spiro atoms. The number of rotatable bonds is 8. The number of anilines is 1. The van der Waals surface area contributed by atoms with Crippen LogP contribution in [0.25, 0.3) is 0 Å². The molecule has 0 aliphatic heterocycles. The fraction of sp³-hybridized carbons (Fsp3) is 0.300. The van der Waals surface area contributed by atoms with Crippen LogP contribution in [0.1, 0.15) is 36.5 Å². The normalized spacial score (nSPS) is 10.2. The third-order valence-corrected chi connectivity index (χ3v) is 4.10. The lowest BCUT2D eigenvalue weighted by Gasteiger charge is -2.13. The van der Waals surface area contributed by atoms with E-state index in [-0.39, 0.29) is 10.6 Å². The maximum Gasteiger partial charge on any atom is 0.326 e. The number of amides is 3. The van der Waals surface area contributed by atoms with Crippen LogP contribution >= 0.6 is 11.6 Å². The van der Waals surface area contributed by atoms with E-state index in [9.17, 15) is 9.59 Å². The summed E-state index contributed by atoms with van der Waals surface area (Å²) in [6.07, 6.45) is 3.18. The predicted molar refractivity (Wildman–Crippen MR) is 106 cm³/mol. The van der Waals surface area contributed by atoms with Crippen LogP contribution < -0.4 is 20.1 Å². The molecule has 0 bridgehead atoms. The zero-order valence-corrected chi connectivity index (χ0v) is 16.1. The highest BCUT2D eigenvalue weighted by molar-refractivity contribution is 6.34. The van der Waals surface area contributed by atoms with Crippen molar-refractivity contribution in [3.63, 3.8) is 0 Å². The Balaban J connectivity index is 1.97. The largest absolute Gasteiger partial charge is 0.493 e. The quantitative estimate of drug-likeness (QED) is 0.630. The van der Waals surface area contributed by atoms with Crippen LogP contribution in [0.4, 0.5) is 10.5 Å². The smallest absolute Gasteiger partial charge is 0.326 e. The van der Waals surface area contributed by atoms with E-state index in [2.05, 4.69) is 17.6 Å². The van der Waals surface area contributed by atoms with E-state index in [1.165, 1.54) is 7.11 Å². The molecule has 144 valence electrons. The van der Waals surface area contributed by atoms with Gasteiger partial charge in [0.1, 0.15) is 0 Å². The summed E-state index contributed by atoms with van der Waals surface area (Å²) < 4.78 is 11.0. The monoisotopic (exact) mass is 390 g/mol. The summed E-state index contributed by atoms with van der Waals surface area (Å²) in [7, 11) is 1.53. The fourth-order valence-corrected chi connectivity index (χ4v) is 2.60. The topological polar surface area (TPSA) is 76.7 Å². The van der Waals surface area contributed by atoms with Crippen molar-refractivity contribution in [3.05, 3.63) is 53.1 Å². The molecule has 0 heterocycles. The highest BCUT2D eigenvalue weighted by atomic mass is 35.5. The van der Waals surface area contributed by atoms with Gasteiger partial charge in [0.2, 0.25) is 0 Å². The van der Waals surface area contributed by atoms with E-state index in [1.54, 1.807) is 42.5 Å². The van der Waals surface area contributed by atoms with E-state index in [0.29, 0.717) is 23.8 Å². The number of unbranched alkanes of at least 4 members (excludes halogenated alkanes) is 2. The fourth-order valence-electron chi connectivity index (χ4n) is 2.38. The number of urea groups is 1. The number of halogens is 1. The zero-order valence-electron chi connectivity index (χ0n) is 15.4. The molecule has 0 aliphatic rings. The number of methoxy groups -OCH3 is 1. The highest BCUT2D eigenvalue weighted by Crippen LogP contribution is 2.30. The average molecular weight is 391 g/mol. The third kappa shape index (κ3) is 6.18. The summed E-state index contributed by atoms with van der Waals surface area (Å²) >= 11 is 5.96. The molecular weight excluding hydrogens is 368 g/mol. The first-order chi connectivity index (χ1) is 13.0. The molecule has 0 aromatic heterocycles. The number of carbonyl (C=O) groups is 2. The van der Waals surface area contributed by atoms with Crippen molar-refractivity contribution in [2.75, 3.05) is 19.0 Å². The van der Waals surface area contributed by atoms with Gasteiger partial charge in [-0.05, 0) is 30.7 Å². The number of carbonyl (C=O) groups excluding carboxylic acids is 2. The molecule has 27 heavy (non-hydrogen) atoms. The third-order valence-electron chi connectivity index (χ3n) is 3.77. The molecule has 0 saturated carbocycles. The van der Waals surface area contributed by atoms with Gasteiger partial charge in [0.15, 0.2) is 11.5 Å². The molecule has 6 nitrogen and oxygen atoms in total. The summed E-state index contributed by atoms with van der Waals surface area (Å²) in [4.78, 5) is 24.2. The number of benzene rings is 2. The minimum Gasteiger partial charge on any atom is -0.493 e. The number of ether oxygens (including phenoxy) is 2. The van der Waals surface area contributed by atoms with Crippen molar-refractivity contribution >= 4 is 29.2 Å². The standard InChI is InChI=1S/C20H23ClN2O4/c1-3-4-7-12-27-17-11-10-14(13-18(17)26-2)22-20(25)23-19(24)15-8-5-6-9-16(15)21/h5-6,8-11,13H,3-4,7,12H2,1-2H3,(H2,22,23,24,25). The molecule has 0 atom stereocenters. The molecule has 0 unspecified atom stereocenters. The molecule has 2 aromatic rings. The molecule has 0 aliphatic carbocycles. The molecule has 2 aromatic carbocycles. The molecule has 2 rings (SSSR count). The van der Waals surface area contributed by atoms with Gasteiger partial charge in [0.25, 0.3) is 5.91 Å². The summed E-state index contributed by atoms with van der Waals surface area (Å²) in [5.74, 6) is 0.523. The summed E-state index contributed by atoms with van der Waals surface area (Å²) in [5.41, 5.74) is 0.694. The van der Waals surface area contributed by atoms with E-state index in [4.69, 9.17) is 21.1 Å². The number of hydrogen-bond acceptors (Lipinski definition) is 4. The second-order valence-corrected chi connectivity index (χ2v) is 6.22. The van der Waals surface area contributed by atoms with Crippen molar-refractivity contribution in [2.45, 2.75) is 26.2 Å². The molecule has 2 N–H and O–H groups in total. The Morgan fingerprint density at radius 3 is 2.56 bits per heavy atom. The molecule has 0 fully saturated rings. The Labute approximate surface area is 163 Å². The Morgan fingerprint density at radius 2 is 1.85 bits per heavy atom. The second-order valence-electron chi connectivity index (χ2n) is 5.81. The van der Waals surface area contributed by atoms with E-state index in [1.807, 2.05) is 0 Å². The van der Waals surface area contributed by atoms with Crippen LogP contribution in [0, 0.1) is 0 Å². The Hall–Kier alpha value is -2.73. The van der Waals surface area contributed by atoms with Crippen molar-refractivity contribution in [1.82, 2.24) is 5.32 Å². The van der Waals surface area contributed by atoms with Gasteiger partial charge in [0.05, 0.1) is 24.3 Å². The molecular formula is C20H23ClN2O4. The predicted octanol–water partition coefficient (Wildman–Crippen LogP) is 4.88. The van der Waals surface area contributed by atoms with Crippen molar-refractivity contribution in [1.29, 1.82) is 0 Å². The first-order valence-corrected chi connectivity index (χ1v) is 9.10. The lowest BCUT2D eigenvalue weighted by molar-refractivity contribution is 0.0967. The highest BCUT2D eigenvalue weighted by Gasteiger charge is 2.14. The van der Waals surface area contributed by atoms with E-state index < -0.39 is 11.9 Å². The first-order valence-electron chi connectivity index (χ1n) is 8.72. The minimum atomic E-state index is -0.668. The van der Waals surface area contributed by atoms with E-state index in [0.717, 1.165) is 19.3 Å². The van der Waals surface area contributed by atoms with Gasteiger partial charge in [-0.3, -0.25) is 10.1 Å². The van der Waals surface area contributed by atoms with Crippen LogP contribution in [0.3, 0.4) is 0 Å². The Morgan fingerprint density at radius 1 is 1.07 bits per heavy atom. The van der Waals surface area contributed by atoms with Gasteiger partial charge in [-0.2, -0.15) is 0 Å². The van der Waals surface area contributed by atoms with Gasteiger partial charge < -0.3 is 14.8 Å². The first kappa shape index (κ1) is 20.6. The maximum atomic E-state index is 12.1. The van der Waals surface area contributed by atoms with Crippen LogP contribution in [-0.2, 0) is 0 Å². The zero-order chi connectivity index (χ0) is 19.6. The lowest BCUT2D eigenvalue weighted by Crippen LogP contribution is -2.34. The lowest BCUT2D eigenvalue weighted by atomic mass is 10.2. The molecule has 3 amide bonds. The van der Waals surface area contributed by atoms with Crippen LogP contribution in [0.15, 0.2) is 42.5 Å². The van der Waals surface area contributed by atoms with Crippen LogP contribution in [0.2, 0.25) is 5.02 Å². The molecule has 7 heteroatoms. The van der Waals surface area contributed by atoms with Gasteiger partial charge >= 0.3 is 6.03 Å². The van der Waals surface area contributed by atoms with Gasteiger partial charge in [0, 0.05) is 11.8 Å².